The monoisotopic (exact) mass is 324 g/mol. The number of nitrogens with two attached hydrogens (primary N) is 1. The number of rotatable bonds is 4. The molecule has 3 N–H and O–H groups in total. The van der Waals surface area contributed by atoms with Gasteiger partial charge in [-0.3, -0.25) is 4.98 Å². The van der Waals surface area contributed by atoms with Gasteiger partial charge in [-0.1, -0.05) is 48.0 Å². The minimum Gasteiger partial charge on any atom is -0.386 e. The minimum atomic E-state index is -0.775. The standard InChI is InChI=1S/C19H17ClN2O/c20-17-7-5-15(6-8-17)18(21)19(23)16-3-1-13(2-4-16)14-9-11-22-12-10-14/h1-12,18-19,23H,21H2. The highest BCUT2D eigenvalue weighted by atomic mass is 35.5. The number of hydrogen-bond donors (Lipinski definition) is 2. The fourth-order valence-corrected chi connectivity index (χ4v) is 2.62. The first-order valence-electron chi connectivity index (χ1n) is 7.34. The van der Waals surface area contributed by atoms with E-state index in [4.69, 9.17) is 17.3 Å². The van der Waals surface area contributed by atoms with Crippen molar-refractivity contribution in [2.45, 2.75) is 12.1 Å². The van der Waals surface area contributed by atoms with Crippen molar-refractivity contribution in [1.29, 1.82) is 0 Å². The van der Waals surface area contributed by atoms with Gasteiger partial charge in [0.25, 0.3) is 0 Å². The zero-order valence-electron chi connectivity index (χ0n) is 12.4. The second-order valence-corrected chi connectivity index (χ2v) is 5.82. The molecule has 0 saturated heterocycles. The molecule has 3 aromatic rings. The van der Waals surface area contributed by atoms with Crippen LogP contribution in [-0.2, 0) is 0 Å². The van der Waals surface area contributed by atoms with E-state index < -0.39 is 12.1 Å². The van der Waals surface area contributed by atoms with E-state index in [1.165, 1.54) is 0 Å². The quantitative estimate of drug-likeness (QED) is 0.758. The number of pyridine rings is 1. The van der Waals surface area contributed by atoms with Crippen LogP contribution < -0.4 is 5.73 Å². The second kappa shape index (κ2) is 6.92. The summed E-state index contributed by atoms with van der Waals surface area (Å²) in [5.41, 5.74) is 9.96. The molecule has 0 spiro atoms. The van der Waals surface area contributed by atoms with Crippen LogP contribution in [0.15, 0.2) is 73.1 Å². The van der Waals surface area contributed by atoms with Crippen LogP contribution in [0.4, 0.5) is 0 Å². The number of aliphatic hydroxyl groups excluding tert-OH is 1. The lowest BCUT2D eigenvalue weighted by Gasteiger charge is -2.20. The molecule has 0 bridgehead atoms. The van der Waals surface area contributed by atoms with E-state index in [1.807, 2.05) is 48.5 Å². The largest absolute Gasteiger partial charge is 0.386 e. The number of benzene rings is 2. The fourth-order valence-electron chi connectivity index (χ4n) is 2.49. The van der Waals surface area contributed by atoms with E-state index >= 15 is 0 Å². The third kappa shape index (κ3) is 3.59. The van der Waals surface area contributed by atoms with Crippen molar-refractivity contribution < 1.29 is 5.11 Å². The fraction of sp³-hybridized carbons (Fsp3) is 0.105. The Hall–Kier alpha value is -2.20. The van der Waals surface area contributed by atoms with Crippen LogP contribution in [-0.4, -0.2) is 10.1 Å². The summed E-state index contributed by atoms with van der Waals surface area (Å²) in [6.07, 6.45) is 2.74. The van der Waals surface area contributed by atoms with Crippen molar-refractivity contribution in [1.82, 2.24) is 4.98 Å². The number of halogens is 1. The maximum Gasteiger partial charge on any atom is 0.0982 e. The first-order valence-corrected chi connectivity index (χ1v) is 7.72. The van der Waals surface area contributed by atoms with Gasteiger partial charge in [0.2, 0.25) is 0 Å². The highest BCUT2D eigenvalue weighted by molar-refractivity contribution is 6.30. The lowest BCUT2D eigenvalue weighted by Crippen LogP contribution is -2.19. The van der Waals surface area contributed by atoms with E-state index in [1.54, 1.807) is 24.5 Å². The molecule has 2 atom stereocenters. The lowest BCUT2D eigenvalue weighted by atomic mass is 9.95. The Kier molecular flexibility index (Phi) is 4.72. The Morgan fingerprint density at radius 2 is 1.30 bits per heavy atom. The van der Waals surface area contributed by atoms with Gasteiger partial charge in [0.15, 0.2) is 0 Å². The molecule has 0 aliphatic heterocycles. The molecule has 0 aliphatic carbocycles. The smallest absolute Gasteiger partial charge is 0.0982 e. The Morgan fingerprint density at radius 3 is 1.91 bits per heavy atom. The molecule has 4 heteroatoms. The molecule has 2 unspecified atom stereocenters. The van der Waals surface area contributed by atoms with Gasteiger partial charge in [-0.2, -0.15) is 0 Å². The highest BCUT2D eigenvalue weighted by Crippen LogP contribution is 2.29. The van der Waals surface area contributed by atoms with Crippen LogP contribution in [0.1, 0.15) is 23.3 Å². The van der Waals surface area contributed by atoms with E-state index in [0.717, 1.165) is 22.3 Å². The van der Waals surface area contributed by atoms with Crippen molar-refractivity contribution in [3.8, 4) is 11.1 Å². The predicted molar refractivity (Wildman–Crippen MR) is 93.0 cm³/mol. The summed E-state index contributed by atoms with van der Waals surface area (Å²) in [5.74, 6) is 0. The van der Waals surface area contributed by atoms with Gasteiger partial charge in [-0.25, -0.2) is 0 Å². The van der Waals surface area contributed by atoms with Gasteiger partial charge >= 0.3 is 0 Å². The molecule has 0 aliphatic rings. The molecular formula is C19H17ClN2O. The lowest BCUT2D eigenvalue weighted by molar-refractivity contribution is 0.147. The number of aliphatic hydroxyl groups is 1. The first kappa shape index (κ1) is 15.7. The minimum absolute atomic E-state index is 0.501. The predicted octanol–water partition coefficient (Wildman–Crippen LogP) is 4.14. The topological polar surface area (TPSA) is 59.1 Å². The van der Waals surface area contributed by atoms with Crippen LogP contribution in [0.5, 0.6) is 0 Å². The Morgan fingerprint density at radius 1 is 0.783 bits per heavy atom. The highest BCUT2D eigenvalue weighted by Gasteiger charge is 2.18. The van der Waals surface area contributed by atoms with Crippen LogP contribution >= 0.6 is 11.6 Å². The van der Waals surface area contributed by atoms with E-state index in [-0.39, 0.29) is 0 Å². The number of nitrogens with zero attached hydrogens (tertiary/aromatic N) is 1. The van der Waals surface area contributed by atoms with Gasteiger partial charge in [-0.15, -0.1) is 0 Å². The summed E-state index contributed by atoms with van der Waals surface area (Å²) < 4.78 is 0. The molecule has 1 aromatic heterocycles. The second-order valence-electron chi connectivity index (χ2n) is 5.38. The van der Waals surface area contributed by atoms with Crippen molar-refractivity contribution >= 4 is 11.6 Å². The van der Waals surface area contributed by atoms with Crippen LogP contribution in [0, 0.1) is 0 Å². The Bertz CT molecular complexity index is 758. The van der Waals surface area contributed by atoms with Crippen molar-refractivity contribution in [3.63, 3.8) is 0 Å². The average molecular weight is 325 g/mol. The number of aromatic nitrogens is 1. The summed E-state index contributed by atoms with van der Waals surface area (Å²) in [4.78, 5) is 4.01. The summed E-state index contributed by atoms with van der Waals surface area (Å²) in [5, 5.41) is 11.2. The van der Waals surface area contributed by atoms with Gasteiger partial charge in [0.1, 0.15) is 0 Å². The molecule has 3 nitrogen and oxygen atoms in total. The van der Waals surface area contributed by atoms with Gasteiger partial charge in [-0.05, 0) is 46.5 Å². The molecule has 3 rings (SSSR count). The summed E-state index contributed by atoms with van der Waals surface area (Å²) in [6.45, 7) is 0. The molecule has 0 fully saturated rings. The molecule has 0 radical (unpaired) electrons. The van der Waals surface area contributed by atoms with Gasteiger partial charge < -0.3 is 10.8 Å². The summed E-state index contributed by atoms with van der Waals surface area (Å²) in [7, 11) is 0. The van der Waals surface area contributed by atoms with Crippen molar-refractivity contribution in [2.24, 2.45) is 5.73 Å². The van der Waals surface area contributed by atoms with E-state index in [9.17, 15) is 5.11 Å². The molecule has 116 valence electrons. The SMILES string of the molecule is NC(c1ccc(Cl)cc1)C(O)c1ccc(-c2ccncc2)cc1. The van der Waals surface area contributed by atoms with Crippen LogP contribution in [0.25, 0.3) is 11.1 Å². The maximum absolute atomic E-state index is 10.5. The molecule has 1 heterocycles. The maximum atomic E-state index is 10.5. The van der Waals surface area contributed by atoms with Crippen molar-refractivity contribution in [2.75, 3.05) is 0 Å². The number of hydrogen-bond acceptors (Lipinski definition) is 3. The van der Waals surface area contributed by atoms with Crippen LogP contribution in [0.2, 0.25) is 5.02 Å². The van der Waals surface area contributed by atoms with Crippen LogP contribution in [0.3, 0.4) is 0 Å². The molecule has 0 amide bonds. The molecule has 2 aromatic carbocycles. The summed E-state index contributed by atoms with van der Waals surface area (Å²) >= 11 is 5.88. The van der Waals surface area contributed by atoms with E-state index in [2.05, 4.69) is 4.98 Å². The summed E-state index contributed by atoms with van der Waals surface area (Å²) in [6, 6.07) is 18.4. The van der Waals surface area contributed by atoms with Crippen molar-refractivity contribution in [3.05, 3.63) is 89.2 Å². The Balaban J connectivity index is 1.80. The van der Waals surface area contributed by atoms with E-state index in [0.29, 0.717) is 5.02 Å². The Labute approximate surface area is 140 Å². The normalized spacial score (nSPS) is 13.5. The first-order chi connectivity index (χ1) is 11.1. The zero-order chi connectivity index (χ0) is 16.2. The third-order valence-corrected chi connectivity index (χ3v) is 4.11. The zero-order valence-corrected chi connectivity index (χ0v) is 13.2. The third-order valence-electron chi connectivity index (χ3n) is 3.86. The average Bonchev–Trinajstić information content (AvgIpc) is 2.62. The molecule has 23 heavy (non-hydrogen) atoms. The van der Waals surface area contributed by atoms with Gasteiger partial charge in [0, 0.05) is 17.4 Å². The molecule has 0 saturated carbocycles. The molecular weight excluding hydrogens is 308 g/mol. The van der Waals surface area contributed by atoms with Gasteiger partial charge in [0.05, 0.1) is 12.1 Å².